The predicted molar refractivity (Wildman–Crippen MR) is 74.9 cm³/mol. The number of hydrazone groups is 1. The molecule has 0 spiro atoms. The summed E-state index contributed by atoms with van der Waals surface area (Å²) in [6.45, 7) is 1.91. The normalized spacial score (nSPS) is 11.4. The fraction of sp³-hybridized carbons (Fsp3) is 0.133. The van der Waals surface area contributed by atoms with Crippen molar-refractivity contribution in [3.05, 3.63) is 59.7 Å². The van der Waals surface area contributed by atoms with E-state index in [-0.39, 0.29) is 11.4 Å². The topological polar surface area (TPSA) is 44.6 Å². The quantitative estimate of drug-likeness (QED) is 0.657. The highest BCUT2D eigenvalue weighted by atomic mass is 19.1. The first-order valence-electron chi connectivity index (χ1n) is 6.17. The van der Waals surface area contributed by atoms with Gasteiger partial charge in [-0.25, -0.2) is 8.78 Å². The molecule has 3 nitrogen and oxygen atoms in total. The Morgan fingerprint density at radius 3 is 2.45 bits per heavy atom. The van der Waals surface area contributed by atoms with E-state index in [0.717, 1.165) is 17.7 Å². The van der Waals surface area contributed by atoms with E-state index < -0.39 is 11.6 Å². The zero-order chi connectivity index (χ0) is 14.5. The zero-order valence-electron chi connectivity index (χ0n) is 10.9. The lowest BCUT2D eigenvalue weighted by molar-refractivity contribution is 0.475. The molecule has 0 aliphatic heterocycles. The molecule has 0 aliphatic carbocycles. The Morgan fingerprint density at radius 1 is 1.15 bits per heavy atom. The van der Waals surface area contributed by atoms with Gasteiger partial charge >= 0.3 is 0 Å². The lowest BCUT2D eigenvalue weighted by atomic mass is 10.1. The first-order valence-corrected chi connectivity index (χ1v) is 6.17. The maximum Gasteiger partial charge on any atom is 0.151 e. The third-order valence-corrected chi connectivity index (χ3v) is 2.78. The summed E-state index contributed by atoms with van der Waals surface area (Å²) in [5.41, 5.74) is 4.22. The van der Waals surface area contributed by atoms with Gasteiger partial charge < -0.3 is 5.11 Å². The molecule has 2 N–H and O–H groups in total. The van der Waals surface area contributed by atoms with Crippen LogP contribution in [0.2, 0.25) is 0 Å². The van der Waals surface area contributed by atoms with Crippen molar-refractivity contribution < 1.29 is 13.9 Å². The van der Waals surface area contributed by atoms with Crippen LogP contribution in [0, 0.1) is 11.6 Å². The Balaban J connectivity index is 2.21. The standard InChI is InChI=1S/C15H14F2N2O/c1-2-14(10-3-6-12(20)7-4-10)18-19-15-8-5-11(16)9-13(15)17/h3-9,19-20H,2H2,1H3/b18-14+. The van der Waals surface area contributed by atoms with Crippen LogP contribution in [0.25, 0.3) is 0 Å². The van der Waals surface area contributed by atoms with Crippen LogP contribution in [0.5, 0.6) is 5.75 Å². The highest BCUT2D eigenvalue weighted by molar-refractivity contribution is 6.00. The van der Waals surface area contributed by atoms with Gasteiger partial charge in [0.05, 0.1) is 11.4 Å². The minimum Gasteiger partial charge on any atom is -0.508 e. The van der Waals surface area contributed by atoms with Crippen LogP contribution in [-0.2, 0) is 0 Å². The number of phenolic OH excluding ortho intramolecular Hbond substituents is 1. The Labute approximate surface area is 115 Å². The van der Waals surface area contributed by atoms with Crippen LogP contribution >= 0.6 is 0 Å². The van der Waals surface area contributed by atoms with Gasteiger partial charge in [-0.15, -0.1) is 0 Å². The van der Waals surface area contributed by atoms with E-state index in [1.165, 1.54) is 6.07 Å². The minimum absolute atomic E-state index is 0.108. The third-order valence-electron chi connectivity index (χ3n) is 2.78. The molecule has 0 bridgehead atoms. The molecular weight excluding hydrogens is 262 g/mol. The van der Waals surface area contributed by atoms with Crippen LogP contribution in [0.4, 0.5) is 14.5 Å². The number of rotatable bonds is 4. The number of aromatic hydroxyl groups is 1. The van der Waals surface area contributed by atoms with Crippen LogP contribution in [0.3, 0.4) is 0 Å². The highest BCUT2D eigenvalue weighted by Gasteiger charge is 2.05. The highest BCUT2D eigenvalue weighted by Crippen LogP contribution is 2.16. The van der Waals surface area contributed by atoms with Crippen molar-refractivity contribution in [1.82, 2.24) is 0 Å². The van der Waals surface area contributed by atoms with Crippen molar-refractivity contribution in [3.8, 4) is 5.75 Å². The summed E-state index contributed by atoms with van der Waals surface area (Å²) in [6, 6.07) is 9.80. The molecule has 0 atom stereocenters. The fourth-order valence-corrected chi connectivity index (χ4v) is 1.71. The number of halogens is 2. The number of phenols is 1. The maximum atomic E-state index is 13.5. The van der Waals surface area contributed by atoms with Crippen LogP contribution in [0.15, 0.2) is 47.6 Å². The van der Waals surface area contributed by atoms with Gasteiger partial charge in [0.15, 0.2) is 5.82 Å². The average Bonchev–Trinajstić information content (AvgIpc) is 2.43. The van der Waals surface area contributed by atoms with Crippen molar-refractivity contribution in [2.75, 3.05) is 5.43 Å². The summed E-state index contributed by atoms with van der Waals surface area (Å²) in [6.07, 6.45) is 0.626. The Kier molecular flexibility index (Phi) is 4.30. The van der Waals surface area contributed by atoms with Crippen molar-refractivity contribution >= 4 is 11.4 Å². The van der Waals surface area contributed by atoms with E-state index in [0.29, 0.717) is 12.1 Å². The van der Waals surface area contributed by atoms with E-state index in [1.54, 1.807) is 24.3 Å². The average molecular weight is 276 g/mol. The molecule has 0 amide bonds. The van der Waals surface area contributed by atoms with E-state index in [1.807, 2.05) is 6.92 Å². The summed E-state index contributed by atoms with van der Waals surface area (Å²) in [4.78, 5) is 0. The van der Waals surface area contributed by atoms with Crippen molar-refractivity contribution in [1.29, 1.82) is 0 Å². The maximum absolute atomic E-state index is 13.5. The molecule has 104 valence electrons. The Bertz CT molecular complexity index is 624. The van der Waals surface area contributed by atoms with Gasteiger partial charge in [-0.1, -0.05) is 6.92 Å². The molecule has 20 heavy (non-hydrogen) atoms. The number of hydrogen-bond acceptors (Lipinski definition) is 3. The van der Waals surface area contributed by atoms with E-state index in [2.05, 4.69) is 10.5 Å². The summed E-state index contributed by atoms with van der Waals surface area (Å²) in [7, 11) is 0. The van der Waals surface area contributed by atoms with E-state index in [4.69, 9.17) is 0 Å². The number of benzene rings is 2. The smallest absolute Gasteiger partial charge is 0.151 e. The SMILES string of the molecule is CC/C(=N\Nc1ccc(F)cc1F)c1ccc(O)cc1. The summed E-state index contributed by atoms with van der Waals surface area (Å²) >= 11 is 0. The zero-order valence-corrected chi connectivity index (χ0v) is 10.9. The third kappa shape index (κ3) is 3.32. The number of anilines is 1. The molecule has 0 saturated heterocycles. The molecule has 0 fully saturated rings. The van der Waals surface area contributed by atoms with Crippen molar-refractivity contribution in [2.45, 2.75) is 13.3 Å². The van der Waals surface area contributed by atoms with Crippen molar-refractivity contribution in [2.24, 2.45) is 5.10 Å². The molecule has 0 aliphatic rings. The van der Waals surface area contributed by atoms with Gasteiger partial charge in [-0.3, -0.25) is 5.43 Å². The van der Waals surface area contributed by atoms with Gasteiger partial charge in [0.2, 0.25) is 0 Å². The number of nitrogens with zero attached hydrogens (tertiary/aromatic N) is 1. The summed E-state index contributed by atoms with van der Waals surface area (Å²) in [5.74, 6) is -1.16. The molecule has 0 aromatic heterocycles. The molecule has 2 rings (SSSR count). The summed E-state index contributed by atoms with van der Waals surface area (Å²) in [5, 5.41) is 13.4. The first-order chi connectivity index (χ1) is 9.60. The summed E-state index contributed by atoms with van der Waals surface area (Å²) < 4.78 is 26.2. The van der Waals surface area contributed by atoms with Gasteiger partial charge in [0.25, 0.3) is 0 Å². The molecule has 5 heteroatoms. The molecular formula is C15H14F2N2O. The Morgan fingerprint density at radius 2 is 1.85 bits per heavy atom. The molecule has 0 saturated carbocycles. The van der Waals surface area contributed by atoms with Crippen LogP contribution in [0.1, 0.15) is 18.9 Å². The second kappa shape index (κ2) is 6.14. The van der Waals surface area contributed by atoms with E-state index in [9.17, 15) is 13.9 Å². The second-order valence-electron chi connectivity index (χ2n) is 4.19. The lowest BCUT2D eigenvalue weighted by Gasteiger charge is -2.07. The monoisotopic (exact) mass is 276 g/mol. The predicted octanol–water partition coefficient (Wildman–Crippen LogP) is 3.90. The molecule has 0 heterocycles. The molecule has 2 aromatic carbocycles. The van der Waals surface area contributed by atoms with Crippen molar-refractivity contribution in [3.63, 3.8) is 0 Å². The molecule has 2 aromatic rings. The fourth-order valence-electron chi connectivity index (χ4n) is 1.71. The van der Waals surface area contributed by atoms with Crippen LogP contribution < -0.4 is 5.43 Å². The van der Waals surface area contributed by atoms with Gasteiger partial charge in [0.1, 0.15) is 11.6 Å². The van der Waals surface area contributed by atoms with E-state index >= 15 is 0 Å². The molecule has 0 unspecified atom stereocenters. The molecule has 0 radical (unpaired) electrons. The minimum atomic E-state index is -0.699. The number of nitrogens with one attached hydrogen (secondary N) is 1. The number of hydrogen-bond donors (Lipinski definition) is 2. The largest absolute Gasteiger partial charge is 0.508 e. The first kappa shape index (κ1) is 14.0. The lowest BCUT2D eigenvalue weighted by Crippen LogP contribution is -2.04. The van der Waals surface area contributed by atoms with Gasteiger partial charge in [-0.2, -0.15) is 5.10 Å². The Hall–Kier alpha value is -2.43. The van der Waals surface area contributed by atoms with Crippen LogP contribution in [-0.4, -0.2) is 10.8 Å². The van der Waals surface area contributed by atoms with Gasteiger partial charge in [0, 0.05) is 6.07 Å². The second-order valence-corrected chi connectivity index (χ2v) is 4.19. The van der Waals surface area contributed by atoms with Gasteiger partial charge in [-0.05, 0) is 48.4 Å².